The molecule has 0 aromatic heterocycles. The summed E-state index contributed by atoms with van der Waals surface area (Å²) in [4.78, 5) is 13.9. The second-order valence-electron chi connectivity index (χ2n) is 5.31. The highest BCUT2D eigenvalue weighted by molar-refractivity contribution is 6.67. The number of carbonyl (C=O) groups excluding carboxylic acids is 1. The normalized spacial score (nSPS) is 20.3. The first-order chi connectivity index (χ1) is 8.48. The van der Waals surface area contributed by atoms with Gasteiger partial charge in [-0.3, -0.25) is 4.79 Å². The maximum atomic E-state index is 11.8. The highest BCUT2D eigenvalue weighted by Crippen LogP contribution is 2.31. The minimum Gasteiger partial charge on any atom is -0.398 e. The SMILES string of the molecule is CCC(CC(C)[Si](C)(OC)OC)N1CCCC1=O. The van der Waals surface area contributed by atoms with Gasteiger partial charge in [-0.2, -0.15) is 0 Å². The summed E-state index contributed by atoms with van der Waals surface area (Å²) < 4.78 is 11.2. The zero-order valence-electron chi connectivity index (χ0n) is 12.4. The van der Waals surface area contributed by atoms with E-state index in [1.165, 1.54) is 0 Å². The molecule has 0 bridgehead atoms. The lowest BCUT2D eigenvalue weighted by molar-refractivity contribution is -0.129. The minimum absolute atomic E-state index is 0.312. The second-order valence-corrected chi connectivity index (χ2v) is 9.15. The van der Waals surface area contributed by atoms with Crippen LogP contribution in [-0.2, 0) is 13.6 Å². The monoisotopic (exact) mass is 273 g/mol. The van der Waals surface area contributed by atoms with Crippen LogP contribution >= 0.6 is 0 Å². The van der Waals surface area contributed by atoms with Crippen molar-refractivity contribution in [3.63, 3.8) is 0 Å². The summed E-state index contributed by atoms with van der Waals surface area (Å²) in [7, 11) is 1.37. The van der Waals surface area contributed by atoms with Crippen LogP contribution in [0.4, 0.5) is 0 Å². The van der Waals surface area contributed by atoms with E-state index in [1.807, 2.05) is 0 Å². The van der Waals surface area contributed by atoms with E-state index in [0.717, 1.165) is 25.8 Å². The summed E-state index contributed by atoms with van der Waals surface area (Å²) in [6.45, 7) is 7.35. The van der Waals surface area contributed by atoms with E-state index in [2.05, 4.69) is 25.3 Å². The van der Waals surface area contributed by atoms with Gasteiger partial charge in [-0.15, -0.1) is 0 Å². The minimum atomic E-state index is -2.09. The standard InChI is InChI=1S/C13H27NO3Si/c1-6-12(14-9-7-8-13(14)15)10-11(2)18(5,16-3)17-4/h11-12H,6-10H2,1-5H3. The van der Waals surface area contributed by atoms with E-state index in [-0.39, 0.29) is 0 Å². The number of nitrogens with zero attached hydrogens (tertiary/aromatic N) is 1. The quantitative estimate of drug-likeness (QED) is 0.669. The molecule has 0 radical (unpaired) electrons. The Kier molecular flexibility index (Phi) is 5.81. The smallest absolute Gasteiger partial charge is 0.337 e. The number of likely N-dealkylation sites (tertiary alicyclic amines) is 1. The van der Waals surface area contributed by atoms with Gasteiger partial charge in [0.2, 0.25) is 5.91 Å². The Morgan fingerprint density at radius 1 is 1.39 bits per heavy atom. The Labute approximate surface area is 112 Å². The molecule has 106 valence electrons. The molecule has 0 aromatic rings. The van der Waals surface area contributed by atoms with Gasteiger partial charge in [-0.05, 0) is 25.8 Å². The van der Waals surface area contributed by atoms with E-state index in [4.69, 9.17) is 8.85 Å². The molecule has 0 spiro atoms. The number of hydrogen-bond donors (Lipinski definition) is 0. The third kappa shape index (κ3) is 3.33. The fourth-order valence-electron chi connectivity index (χ4n) is 2.68. The molecular formula is C13H27NO3Si. The first-order valence-electron chi connectivity index (χ1n) is 6.88. The van der Waals surface area contributed by atoms with Crippen molar-refractivity contribution in [2.24, 2.45) is 0 Å². The maximum absolute atomic E-state index is 11.8. The van der Waals surface area contributed by atoms with Gasteiger partial charge in [0.1, 0.15) is 0 Å². The van der Waals surface area contributed by atoms with E-state index in [1.54, 1.807) is 14.2 Å². The van der Waals surface area contributed by atoms with Gasteiger partial charge < -0.3 is 13.8 Å². The molecule has 18 heavy (non-hydrogen) atoms. The predicted molar refractivity (Wildman–Crippen MR) is 74.7 cm³/mol. The van der Waals surface area contributed by atoms with E-state index >= 15 is 0 Å². The van der Waals surface area contributed by atoms with Gasteiger partial charge in [0.25, 0.3) is 0 Å². The highest BCUT2D eigenvalue weighted by Gasteiger charge is 2.39. The van der Waals surface area contributed by atoms with Crippen molar-refractivity contribution in [3.05, 3.63) is 0 Å². The maximum Gasteiger partial charge on any atom is 0.337 e. The zero-order chi connectivity index (χ0) is 13.8. The van der Waals surface area contributed by atoms with Gasteiger partial charge in [0.15, 0.2) is 0 Å². The Hall–Kier alpha value is -0.393. The van der Waals surface area contributed by atoms with Crippen molar-refractivity contribution in [2.75, 3.05) is 20.8 Å². The van der Waals surface area contributed by atoms with Crippen LogP contribution in [0.2, 0.25) is 12.1 Å². The average Bonchev–Trinajstić information content (AvgIpc) is 2.80. The summed E-state index contributed by atoms with van der Waals surface area (Å²) in [6.07, 6.45) is 3.71. The third-order valence-corrected chi connectivity index (χ3v) is 8.00. The lowest BCUT2D eigenvalue weighted by Gasteiger charge is -2.35. The van der Waals surface area contributed by atoms with Crippen LogP contribution in [0, 0.1) is 0 Å². The molecule has 2 atom stereocenters. The van der Waals surface area contributed by atoms with Crippen molar-refractivity contribution in [2.45, 2.75) is 57.7 Å². The molecule has 0 N–H and O–H groups in total. The molecule has 1 aliphatic heterocycles. The summed E-state index contributed by atoms with van der Waals surface area (Å²) in [5.74, 6) is 0.312. The van der Waals surface area contributed by atoms with Crippen LogP contribution in [-0.4, -0.2) is 46.2 Å². The molecular weight excluding hydrogens is 246 g/mol. The number of rotatable bonds is 7. The molecule has 4 nitrogen and oxygen atoms in total. The molecule has 5 heteroatoms. The Bertz CT molecular complexity index is 281. The number of carbonyl (C=O) groups is 1. The number of hydrogen-bond acceptors (Lipinski definition) is 3. The highest BCUT2D eigenvalue weighted by atomic mass is 28.4. The van der Waals surface area contributed by atoms with Crippen molar-refractivity contribution < 1.29 is 13.6 Å². The van der Waals surface area contributed by atoms with Gasteiger partial charge in [0.05, 0.1) is 0 Å². The molecule has 1 amide bonds. The van der Waals surface area contributed by atoms with E-state index in [9.17, 15) is 4.79 Å². The largest absolute Gasteiger partial charge is 0.398 e. The molecule has 2 unspecified atom stereocenters. The molecule has 1 rings (SSSR count). The molecule has 0 aromatic carbocycles. The molecule has 0 saturated carbocycles. The van der Waals surface area contributed by atoms with Crippen molar-refractivity contribution >= 4 is 14.5 Å². The number of amides is 1. The first-order valence-corrected chi connectivity index (χ1v) is 9.27. The van der Waals surface area contributed by atoms with Crippen LogP contribution in [0.3, 0.4) is 0 Å². The fraction of sp³-hybridized carbons (Fsp3) is 0.923. The molecule has 1 fully saturated rings. The van der Waals surface area contributed by atoms with Crippen molar-refractivity contribution in [1.29, 1.82) is 0 Å². The summed E-state index contributed by atoms with van der Waals surface area (Å²) in [5, 5.41) is 0. The summed E-state index contributed by atoms with van der Waals surface area (Å²) >= 11 is 0. The van der Waals surface area contributed by atoms with Crippen LogP contribution in [0.1, 0.15) is 39.5 Å². The lowest BCUT2D eigenvalue weighted by Crippen LogP contribution is -2.44. The lowest BCUT2D eigenvalue weighted by atomic mass is 10.1. The molecule has 1 aliphatic rings. The van der Waals surface area contributed by atoms with Gasteiger partial charge in [-0.25, -0.2) is 0 Å². The van der Waals surface area contributed by atoms with Gasteiger partial charge in [-0.1, -0.05) is 13.8 Å². The van der Waals surface area contributed by atoms with Gasteiger partial charge in [0, 0.05) is 38.8 Å². The van der Waals surface area contributed by atoms with Crippen LogP contribution < -0.4 is 0 Å². The zero-order valence-corrected chi connectivity index (χ0v) is 13.4. The summed E-state index contributed by atoms with van der Waals surface area (Å²) in [6, 6.07) is 0.340. The topological polar surface area (TPSA) is 38.8 Å². The van der Waals surface area contributed by atoms with E-state index < -0.39 is 8.56 Å². The summed E-state index contributed by atoms with van der Waals surface area (Å²) in [5.41, 5.74) is 0.380. The fourth-order valence-corrected chi connectivity index (χ4v) is 4.35. The predicted octanol–water partition coefficient (Wildman–Crippen LogP) is 2.53. The van der Waals surface area contributed by atoms with Crippen LogP contribution in [0.15, 0.2) is 0 Å². The third-order valence-electron chi connectivity index (χ3n) is 4.35. The Balaban J connectivity index is 2.65. The van der Waals surface area contributed by atoms with Gasteiger partial charge >= 0.3 is 8.56 Å². The molecule has 0 aliphatic carbocycles. The van der Waals surface area contributed by atoms with Crippen molar-refractivity contribution in [1.82, 2.24) is 4.90 Å². The Morgan fingerprint density at radius 2 is 2.00 bits per heavy atom. The van der Waals surface area contributed by atoms with Crippen molar-refractivity contribution in [3.8, 4) is 0 Å². The Morgan fingerprint density at radius 3 is 2.39 bits per heavy atom. The van der Waals surface area contributed by atoms with E-state index in [0.29, 0.717) is 23.9 Å². The molecule has 1 saturated heterocycles. The first kappa shape index (κ1) is 15.7. The molecule has 1 heterocycles. The van der Waals surface area contributed by atoms with Crippen LogP contribution in [0.25, 0.3) is 0 Å². The average molecular weight is 273 g/mol. The second kappa shape index (κ2) is 6.68. The van der Waals surface area contributed by atoms with Crippen LogP contribution in [0.5, 0.6) is 0 Å².